The zero-order valence-electron chi connectivity index (χ0n) is 13.7. The molecule has 2 aliphatic heterocycles. The summed E-state index contributed by atoms with van der Waals surface area (Å²) in [7, 11) is 0. The summed E-state index contributed by atoms with van der Waals surface area (Å²) in [6.07, 6.45) is 3.70. The SMILES string of the molecule is O=C1C=C(CO)N(c2c(Cl)cccc2Cl)C2C#CC=NC(CCCO)=C12. The first kappa shape index (κ1) is 18.7. The Morgan fingerprint density at radius 3 is 2.62 bits per heavy atom. The summed E-state index contributed by atoms with van der Waals surface area (Å²) < 4.78 is 0. The van der Waals surface area contributed by atoms with Gasteiger partial charge in [-0.3, -0.25) is 9.79 Å². The molecule has 1 unspecified atom stereocenters. The number of carbonyl (C=O) groups is 1. The molecule has 0 saturated carbocycles. The molecule has 5 nitrogen and oxygen atoms in total. The molecule has 7 heteroatoms. The van der Waals surface area contributed by atoms with Crippen LogP contribution in [0.2, 0.25) is 10.0 Å². The number of aliphatic hydroxyl groups excluding tert-OH is 2. The molecule has 1 aromatic rings. The molecule has 2 N–H and O–H groups in total. The van der Waals surface area contributed by atoms with E-state index < -0.39 is 6.04 Å². The van der Waals surface area contributed by atoms with Crippen LogP contribution in [-0.2, 0) is 4.79 Å². The standard InChI is InChI=1S/C19H16Cl2N2O3/c20-13-4-1-5-14(21)19(13)23-12(11-25)10-17(26)18-15(6-3-9-24)22-8-2-7-16(18)23/h1,4-5,8,10,16,24-25H,3,6,9,11H2. The molecule has 0 amide bonds. The Kier molecular flexibility index (Phi) is 5.80. The van der Waals surface area contributed by atoms with Gasteiger partial charge >= 0.3 is 0 Å². The fraction of sp³-hybridized carbons (Fsp3) is 0.263. The van der Waals surface area contributed by atoms with Crippen LogP contribution in [0.1, 0.15) is 12.8 Å². The van der Waals surface area contributed by atoms with Crippen molar-refractivity contribution in [3.63, 3.8) is 0 Å². The summed E-state index contributed by atoms with van der Waals surface area (Å²) in [5.41, 5.74) is 1.79. The minimum Gasteiger partial charge on any atom is -0.396 e. The average molecular weight is 391 g/mol. The maximum atomic E-state index is 12.7. The monoisotopic (exact) mass is 390 g/mol. The number of rotatable bonds is 5. The first-order chi connectivity index (χ1) is 12.6. The summed E-state index contributed by atoms with van der Waals surface area (Å²) in [6.45, 7) is -0.380. The Labute approximate surface area is 161 Å². The van der Waals surface area contributed by atoms with Crippen LogP contribution < -0.4 is 4.90 Å². The number of aliphatic hydroxyl groups is 2. The molecule has 1 aromatic carbocycles. The van der Waals surface area contributed by atoms with Gasteiger partial charge in [-0.1, -0.05) is 41.1 Å². The van der Waals surface area contributed by atoms with Crippen LogP contribution in [0.15, 0.2) is 46.2 Å². The summed E-state index contributed by atoms with van der Waals surface area (Å²) in [4.78, 5) is 18.7. The number of halogens is 2. The molecule has 2 aliphatic rings. The number of hydrogen-bond acceptors (Lipinski definition) is 5. The fourth-order valence-electron chi connectivity index (χ4n) is 3.02. The van der Waals surface area contributed by atoms with Crippen molar-refractivity contribution < 1.29 is 15.0 Å². The molecule has 1 atom stereocenters. The third-order valence-corrected chi connectivity index (χ3v) is 4.74. The molecule has 3 rings (SSSR count). The summed E-state index contributed by atoms with van der Waals surface area (Å²) in [5.74, 6) is 5.56. The molecule has 0 fully saturated rings. The summed E-state index contributed by atoms with van der Waals surface area (Å²) in [5, 5.41) is 19.7. The number of ketones is 1. The van der Waals surface area contributed by atoms with E-state index in [1.165, 1.54) is 12.3 Å². The van der Waals surface area contributed by atoms with Gasteiger partial charge in [-0.05, 0) is 25.0 Å². The van der Waals surface area contributed by atoms with Crippen LogP contribution in [0.25, 0.3) is 0 Å². The third-order valence-electron chi connectivity index (χ3n) is 4.13. The van der Waals surface area contributed by atoms with E-state index >= 15 is 0 Å². The zero-order valence-corrected chi connectivity index (χ0v) is 15.3. The van der Waals surface area contributed by atoms with Gasteiger partial charge in [-0.15, -0.1) is 0 Å². The lowest BCUT2D eigenvalue weighted by Gasteiger charge is -2.37. The average Bonchev–Trinajstić information content (AvgIpc) is 2.84. The van der Waals surface area contributed by atoms with Gasteiger partial charge in [0.15, 0.2) is 5.78 Å². The Morgan fingerprint density at radius 2 is 1.96 bits per heavy atom. The lowest BCUT2D eigenvalue weighted by molar-refractivity contribution is -0.111. The second-order valence-corrected chi connectivity index (χ2v) is 6.55. The second-order valence-electron chi connectivity index (χ2n) is 5.74. The van der Waals surface area contributed by atoms with Crippen LogP contribution in [0, 0.1) is 11.8 Å². The highest BCUT2D eigenvalue weighted by Gasteiger charge is 2.36. The Morgan fingerprint density at radius 1 is 1.23 bits per heavy atom. The number of allylic oxidation sites excluding steroid dienone is 2. The first-order valence-corrected chi connectivity index (χ1v) is 8.80. The number of benzene rings is 1. The van der Waals surface area contributed by atoms with Crippen LogP contribution in [-0.4, -0.2) is 41.5 Å². The normalized spacial score (nSPS) is 18.9. The topological polar surface area (TPSA) is 73.1 Å². The molecule has 26 heavy (non-hydrogen) atoms. The largest absolute Gasteiger partial charge is 0.396 e. The molecular weight excluding hydrogens is 375 g/mol. The maximum absolute atomic E-state index is 12.7. The van der Waals surface area contributed by atoms with Crippen molar-refractivity contribution in [2.24, 2.45) is 4.99 Å². The molecule has 0 aromatic heterocycles. The van der Waals surface area contributed by atoms with Gasteiger partial charge in [0.2, 0.25) is 0 Å². The smallest absolute Gasteiger partial charge is 0.188 e. The number of anilines is 1. The lowest BCUT2D eigenvalue weighted by Crippen LogP contribution is -2.43. The predicted molar refractivity (Wildman–Crippen MR) is 103 cm³/mol. The van der Waals surface area contributed by atoms with Crippen LogP contribution in [0.3, 0.4) is 0 Å². The van der Waals surface area contributed by atoms with Crippen LogP contribution in [0.5, 0.6) is 0 Å². The van der Waals surface area contributed by atoms with E-state index in [9.17, 15) is 9.90 Å². The highest BCUT2D eigenvalue weighted by molar-refractivity contribution is 6.39. The Balaban J connectivity index is 2.22. The van der Waals surface area contributed by atoms with Gasteiger partial charge in [-0.2, -0.15) is 0 Å². The molecule has 0 radical (unpaired) electrons. The molecule has 0 bridgehead atoms. The number of fused-ring (bicyclic) bond motifs is 1. The van der Waals surface area contributed by atoms with E-state index in [4.69, 9.17) is 28.3 Å². The van der Waals surface area contributed by atoms with E-state index in [2.05, 4.69) is 16.8 Å². The van der Waals surface area contributed by atoms with Gasteiger partial charge in [0.1, 0.15) is 6.04 Å². The molecule has 2 heterocycles. The number of hydrogen-bond donors (Lipinski definition) is 2. The summed E-state index contributed by atoms with van der Waals surface area (Å²) >= 11 is 12.7. The quantitative estimate of drug-likeness (QED) is 0.758. The third kappa shape index (κ3) is 3.42. The Bertz CT molecular complexity index is 874. The lowest BCUT2D eigenvalue weighted by atomic mass is 9.92. The Hall–Kier alpha value is -2.10. The number of nitrogens with zero attached hydrogens (tertiary/aromatic N) is 2. The highest BCUT2D eigenvalue weighted by Crippen LogP contribution is 2.40. The van der Waals surface area contributed by atoms with E-state index in [1.807, 2.05) is 0 Å². The fourth-order valence-corrected chi connectivity index (χ4v) is 3.60. The number of para-hydroxylation sites is 1. The molecule has 134 valence electrons. The minimum absolute atomic E-state index is 0.0101. The van der Waals surface area contributed by atoms with E-state index in [-0.39, 0.29) is 19.0 Å². The maximum Gasteiger partial charge on any atom is 0.188 e. The van der Waals surface area contributed by atoms with Crippen molar-refractivity contribution in [2.45, 2.75) is 18.9 Å². The van der Waals surface area contributed by atoms with Gasteiger partial charge < -0.3 is 15.1 Å². The summed E-state index contributed by atoms with van der Waals surface area (Å²) in [6, 6.07) is 4.41. The van der Waals surface area contributed by atoms with Gasteiger partial charge in [0, 0.05) is 18.4 Å². The van der Waals surface area contributed by atoms with Crippen molar-refractivity contribution in [1.29, 1.82) is 0 Å². The minimum atomic E-state index is -0.678. The molecule has 0 spiro atoms. The van der Waals surface area contributed by atoms with Crippen molar-refractivity contribution in [2.75, 3.05) is 18.1 Å². The van der Waals surface area contributed by atoms with Gasteiger partial charge in [0.05, 0.1) is 39.8 Å². The van der Waals surface area contributed by atoms with E-state index in [0.717, 1.165) is 0 Å². The predicted octanol–water partition coefficient (Wildman–Crippen LogP) is 2.74. The van der Waals surface area contributed by atoms with Gasteiger partial charge in [-0.25, -0.2) is 0 Å². The van der Waals surface area contributed by atoms with Crippen LogP contribution in [0.4, 0.5) is 5.69 Å². The van der Waals surface area contributed by atoms with E-state index in [0.29, 0.717) is 45.5 Å². The molecule has 0 saturated heterocycles. The van der Waals surface area contributed by atoms with Crippen molar-refractivity contribution in [3.8, 4) is 11.8 Å². The van der Waals surface area contributed by atoms with Crippen molar-refractivity contribution >= 4 is 40.9 Å². The second kappa shape index (κ2) is 8.07. The highest BCUT2D eigenvalue weighted by atomic mass is 35.5. The van der Waals surface area contributed by atoms with Gasteiger partial charge in [0.25, 0.3) is 0 Å². The first-order valence-electron chi connectivity index (χ1n) is 8.05. The molecule has 0 aliphatic carbocycles. The number of carbonyl (C=O) groups excluding carboxylic acids is 1. The number of aliphatic imine (C=N–C) groups is 1. The zero-order chi connectivity index (χ0) is 18.7. The van der Waals surface area contributed by atoms with Crippen LogP contribution >= 0.6 is 23.2 Å². The van der Waals surface area contributed by atoms with E-state index in [1.54, 1.807) is 23.1 Å². The van der Waals surface area contributed by atoms with Crippen molar-refractivity contribution in [3.05, 3.63) is 51.3 Å². The van der Waals surface area contributed by atoms with Crippen molar-refractivity contribution in [1.82, 2.24) is 0 Å². The molecular formula is C19H16Cl2N2O3.